The molecule has 0 radical (unpaired) electrons. The van der Waals surface area contributed by atoms with Crippen molar-refractivity contribution in [3.63, 3.8) is 0 Å². The number of hydrogen-bond donors (Lipinski definition) is 3. The third kappa shape index (κ3) is 5.04. The van der Waals surface area contributed by atoms with Crippen LogP contribution in [-0.2, 0) is 4.79 Å². The van der Waals surface area contributed by atoms with Crippen LogP contribution in [0.5, 0.6) is 0 Å². The molecule has 0 spiro atoms. The summed E-state index contributed by atoms with van der Waals surface area (Å²) < 4.78 is 0. The van der Waals surface area contributed by atoms with Crippen LogP contribution in [0.4, 0.5) is 0 Å². The first-order chi connectivity index (χ1) is 11.1. The minimum atomic E-state index is -1.01. The van der Waals surface area contributed by atoms with E-state index in [1.165, 1.54) is 29.7 Å². The molecule has 1 aromatic carbocycles. The quantitative estimate of drug-likeness (QED) is 0.548. The molecular formula is C15H13N3O4S. The minimum absolute atomic E-state index is 0.169. The Bertz CT molecular complexity index is 724. The van der Waals surface area contributed by atoms with Gasteiger partial charge < -0.3 is 10.4 Å². The summed E-state index contributed by atoms with van der Waals surface area (Å²) in [6.07, 6.45) is 1.38. The number of aromatic carboxylic acids is 1. The van der Waals surface area contributed by atoms with Gasteiger partial charge in [0.15, 0.2) is 0 Å². The Morgan fingerprint density at radius 3 is 2.52 bits per heavy atom. The van der Waals surface area contributed by atoms with E-state index < -0.39 is 11.9 Å². The molecule has 8 heteroatoms. The number of nitrogens with one attached hydrogen (secondary N) is 2. The average molecular weight is 331 g/mol. The zero-order chi connectivity index (χ0) is 16.7. The van der Waals surface area contributed by atoms with Crippen molar-refractivity contribution in [3.8, 4) is 0 Å². The first-order valence-electron chi connectivity index (χ1n) is 6.53. The van der Waals surface area contributed by atoms with Gasteiger partial charge in [-0.1, -0.05) is 18.2 Å². The number of rotatable bonds is 6. The molecule has 0 bridgehead atoms. The standard InChI is InChI=1S/C15H13N3O4S/c19-13(9-16-14(20)12-2-1-7-23-12)18-17-8-10-3-5-11(6-4-10)15(21)22/h1-8H,9H2,(H,16,20)(H,18,19)(H,21,22). The topological polar surface area (TPSA) is 108 Å². The average Bonchev–Trinajstić information content (AvgIpc) is 3.07. The second-order valence-corrected chi connectivity index (χ2v) is 5.33. The third-order valence-electron chi connectivity index (χ3n) is 2.71. The normalized spacial score (nSPS) is 10.4. The molecule has 1 aromatic heterocycles. The van der Waals surface area contributed by atoms with Crippen LogP contribution in [0, 0.1) is 0 Å². The Labute approximate surface area is 135 Å². The van der Waals surface area contributed by atoms with Crippen molar-refractivity contribution in [2.75, 3.05) is 6.54 Å². The van der Waals surface area contributed by atoms with Crippen molar-refractivity contribution in [2.24, 2.45) is 5.10 Å². The van der Waals surface area contributed by atoms with Crippen molar-refractivity contribution in [3.05, 3.63) is 57.8 Å². The second kappa shape index (κ2) is 7.85. The van der Waals surface area contributed by atoms with E-state index in [0.717, 1.165) is 0 Å². The molecule has 0 unspecified atom stereocenters. The minimum Gasteiger partial charge on any atom is -0.478 e. The molecule has 0 aliphatic heterocycles. The summed E-state index contributed by atoms with van der Waals surface area (Å²) in [7, 11) is 0. The summed E-state index contributed by atoms with van der Waals surface area (Å²) in [5.74, 6) is -1.79. The number of carboxylic acid groups (broad SMARTS) is 1. The van der Waals surface area contributed by atoms with Gasteiger partial charge in [0, 0.05) is 0 Å². The highest BCUT2D eigenvalue weighted by molar-refractivity contribution is 7.12. The Hall–Kier alpha value is -3.00. The predicted molar refractivity (Wildman–Crippen MR) is 85.8 cm³/mol. The first-order valence-corrected chi connectivity index (χ1v) is 7.41. The SMILES string of the molecule is O=C(CNC(=O)c1cccs1)NN=Cc1ccc(C(=O)O)cc1. The van der Waals surface area contributed by atoms with Gasteiger partial charge in [0.25, 0.3) is 11.8 Å². The molecule has 3 N–H and O–H groups in total. The van der Waals surface area contributed by atoms with Gasteiger partial charge in [0.1, 0.15) is 0 Å². The molecule has 0 atom stereocenters. The molecule has 2 aromatic rings. The molecule has 0 fully saturated rings. The number of carbonyl (C=O) groups excluding carboxylic acids is 2. The summed E-state index contributed by atoms with van der Waals surface area (Å²) in [6.45, 7) is -0.188. The second-order valence-electron chi connectivity index (χ2n) is 4.38. The van der Waals surface area contributed by atoms with Crippen LogP contribution in [0.15, 0.2) is 46.9 Å². The number of hydrazone groups is 1. The van der Waals surface area contributed by atoms with E-state index in [9.17, 15) is 14.4 Å². The summed E-state index contributed by atoms with van der Waals surface area (Å²) in [4.78, 5) is 34.4. The van der Waals surface area contributed by atoms with Crippen molar-refractivity contribution in [2.45, 2.75) is 0 Å². The third-order valence-corrected chi connectivity index (χ3v) is 3.58. The van der Waals surface area contributed by atoms with Gasteiger partial charge in [-0.25, -0.2) is 10.2 Å². The van der Waals surface area contributed by atoms with Crippen molar-refractivity contribution >= 4 is 35.3 Å². The summed E-state index contributed by atoms with van der Waals surface area (Å²) in [5.41, 5.74) is 3.08. The lowest BCUT2D eigenvalue weighted by Gasteiger charge is -2.02. The van der Waals surface area contributed by atoms with Gasteiger partial charge in [-0.2, -0.15) is 5.10 Å². The van der Waals surface area contributed by atoms with E-state index in [4.69, 9.17) is 5.11 Å². The van der Waals surface area contributed by atoms with Crippen LogP contribution in [0.2, 0.25) is 0 Å². The lowest BCUT2D eigenvalue weighted by Crippen LogP contribution is -2.34. The number of carboxylic acids is 1. The van der Waals surface area contributed by atoms with Gasteiger partial charge >= 0.3 is 5.97 Å². The highest BCUT2D eigenvalue weighted by Crippen LogP contribution is 2.07. The molecule has 0 aliphatic carbocycles. The highest BCUT2D eigenvalue weighted by atomic mass is 32.1. The van der Waals surface area contributed by atoms with E-state index in [1.807, 2.05) is 0 Å². The molecule has 23 heavy (non-hydrogen) atoms. The molecule has 1 heterocycles. The molecular weight excluding hydrogens is 318 g/mol. The summed E-state index contributed by atoms with van der Waals surface area (Å²) in [5, 5.41) is 16.8. The van der Waals surface area contributed by atoms with E-state index in [1.54, 1.807) is 29.6 Å². The molecule has 0 saturated heterocycles. The van der Waals surface area contributed by atoms with Crippen molar-refractivity contribution in [1.29, 1.82) is 0 Å². The maximum absolute atomic E-state index is 11.6. The Morgan fingerprint density at radius 2 is 1.91 bits per heavy atom. The van der Waals surface area contributed by atoms with Crippen molar-refractivity contribution < 1.29 is 19.5 Å². The zero-order valence-electron chi connectivity index (χ0n) is 11.9. The van der Waals surface area contributed by atoms with Gasteiger partial charge in [-0.05, 0) is 29.1 Å². The van der Waals surface area contributed by atoms with E-state index in [-0.39, 0.29) is 18.0 Å². The van der Waals surface area contributed by atoms with Crippen LogP contribution in [0.1, 0.15) is 25.6 Å². The molecule has 118 valence electrons. The summed E-state index contributed by atoms with van der Waals surface area (Å²) in [6, 6.07) is 9.42. The fraction of sp³-hybridized carbons (Fsp3) is 0.0667. The predicted octanol–water partition coefficient (Wildman–Crippen LogP) is 1.33. The fourth-order valence-corrected chi connectivity index (χ4v) is 2.23. The van der Waals surface area contributed by atoms with Crippen LogP contribution in [-0.4, -0.2) is 35.6 Å². The van der Waals surface area contributed by atoms with Crippen LogP contribution in [0.3, 0.4) is 0 Å². The number of hydrogen-bond acceptors (Lipinski definition) is 5. The lowest BCUT2D eigenvalue weighted by molar-refractivity contribution is -0.120. The number of carbonyl (C=O) groups is 3. The van der Waals surface area contributed by atoms with Crippen LogP contribution < -0.4 is 10.7 Å². The molecule has 0 saturated carbocycles. The molecule has 0 aliphatic rings. The maximum atomic E-state index is 11.6. The molecule has 2 rings (SSSR count). The van der Waals surface area contributed by atoms with Crippen LogP contribution >= 0.6 is 11.3 Å². The summed E-state index contributed by atoms with van der Waals surface area (Å²) >= 11 is 1.29. The number of thiophene rings is 1. The van der Waals surface area contributed by atoms with E-state index in [0.29, 0.717) is 10.4 Å². The smallest absolute Gasteiger partial charge is 0.335 e. The van der Waals surface area contributed by atoms with E-state index >= 15 is 0 Å². The van der Waals surface area contributed by atoms with Gasteiger partial charge in [0.05, 0.1) is 23.2 Å². The number of benzene rings is 1. The number of nitrogens with zero attached hydrogens (tertiary/aromatic N) is 1. The van der Waals surface area contributed by atoms with Crippen molar-refractivity contribution in [1.82, 2.24) is 10.7 Å². The lowest BCUT2D eigenvalue weighted by atomic mass is 10.1. The first kappa shape index (κ1) is 16.4. The van der Waals surface area contributed by atoms with Gasteiger partial charge in [-0.15, -0.1) is 11.3 Å². The van der Waals surface area contributed by atoms with Gasteiger partial charge in [0.2, 0.25) is 0 Å². The fourth-order valence-electron chi connectivity index (χ4n) is 1.59. The van der Waals surface area contributed by atoms with Gasteiger partial charge in [-0.3, -0.25) is 9.59 Å². The van der Waals surface area contributed by atoms with E-state index in [2.05, 4.69) is 15.8 Å². The maximum Gasteiger partial charge on any atom is 0.335 e. The highest BCUT2D eigenvalue weighted by Gasteiger charge is 2.07. The monoisotopic (exact) mass is 331 g/mol. The Balaban J connectivity index is 1.77. The van der Waals surface area contributed by atoms with Crippen LogP contribution in [0.25, 0.3) is 0 Å². The largest absolute Gasteiger partial charge is 0.478 e. The Kier molecular flexibility index (Phi) is 5.59. The zero-order valence-corrected chi connectivity index (χ0v) is 12.7. The molecule has 7 nitrogen and oxygen atoms in total. The Morgan fingerprint density at radius 1 is 1.17 bits per heavy atom. The molecule has 2 amide bonds. The number of amides is 2.